The van der Waals surface area contributed by atoms with Gasteiger partial charge in [-0.3, -0.25) is 4.79 Å². The Kier molecular flexibility index (Phi) is 5.38. The fourth-order valence-corrected chi connectivity index (χ4v) is 1.78. The van der Waals surface area contributed by atoms with Crippen LogP contribution in [0.5, 0.6) is 0 Å². The predicted molar refractivity (Wildman–Crippen MR) is 71.1 cm³/mol. The SMILES string of the molecule is CC(Nc1ccc(N(CCl)CCl)cc1)C(=O)O. The molecule has 0 aliphatic rings. The molecule has 0 aliphatic carbocycles. The van der Waals surface area contributed by atoms with Crippen molar-refractivity contribution in [1.82, 2.24) is 0 Å². The number of rotatable bonds is 6. The zero-order chi connectivity index (χ0) is 12.8. The minimum atomic E-state index is -0.891. The summed E-state index contributed by atoms with van der Waals surface area (Å²) in [6.45, 7) is 1.58. The summed E-state index contributed by atoms with van der Waals surface area (Å²) >= 11 is 11.4. The van der Waals surface area contributed by atoms with Crippen LogP contribution >= 0.6 is 23.2 Å². The lowest BCUT2D eigenvalue weighted by Gasteiger charge is -2.19. The number of carboxylic acids is 1. The number of anilines is 2. The van der Waals surface area contributed by atoms with Crippen molar-refractivity contribution in [2.24, 2.45) is 0 Å². The monoisotopic (exact) mass is 276 g/mol. The van der Waals surface area contributed by atoms with E-state index in [0.717, 1.165) is 11.4 Å². The van der Waals surface area contributed by atoms with Crippen LogP contribution in [0.3, 0.4) is 0 Å². The molecule has 1 unspecified atom stereocenters. The summed E-state index contributed by atoms with van der Waals surface area (Å²) in [7, 11) is 0. The average Bonchev–Trinajstić information content (AvgIpc) is 2.32. The first-order chi connectivity index (χ1) is 8.08. The van der Waals surface area contributed by atoms with Crippen molar-refractivity contribution in [3.8, 4) is 0 Å². The summed E-state index contributed by atoms with van der Waals surface area (Å²) in [5.74, 6) is -0.891. The van der Waals surface area contributed by atoms with Crippen LogP contribution < -0.4 is 10.2 Å². The molecule has 0 saturated heterocycles. The molecule has 17 heavy (non-hydrogen) atoms. The molecule has 1 rings (SSSR count). The molecule has 94 valence electrons. The summed E-state index contributed by atoms with van der Waals surface area (Å²) in [5, 5.41) is 11.6. The van der Waals surface area contributed by atoms with Gasteiger partial charge in [0.1, 0.15) is 6.04 Å². The third-order valence-corrected chi connectivity index (χ3v) is 2.85. The van der Waals surface area contributed by atoms with Gasteiger partial charge in [-0.15, -0.1) is 23.2 Å². The van der Waals surface area contributed by atoms with Gasteiger partial charge in [-0.25, -0.2) is 0 Å². The summed E-state index contributed by atoms with van der Waals surface area (Å²) in [6, 6.07) is 7.24. The van der Waals surface area contributed by atoms with Gasteiger partial charge in [0.2, 0.25) is 0 Å². The highest BCUT2D eigenvalue weighted by Gasteiger charge is 2.10. The van der Waals surface area contributed by atoms with E-state index in [1.165, 1.54) is 0 Å². The highest BCUT2D eigenvalue weighted by atomic mass is 35.5. The molecule has 0 fully saturated rings. The minimum Gasteiger partial charge on any atom is -0.480 e. The molecule has 0 amide bonds. The van der Waals surface area contributed by atoms with Crippen molar-refractivity contribution >= 4 is 40.5 Å². The van der Waals surface area contributed by atoms with Gasteiger partial charge in [0.05, 0.1) is 12.0 Å². The lowest BCUT2D eigenvalue weighted by atomic mass is 10.2. The maximum absolute atomic E-state index is 10.7. The molecular formula is C11H14Cl2N2O2. The second-order valence-electron chi connectivity index (χ2n) is 3.53. The van der Waals surface area contributed by atoms with E-state index in [1.54, 1.807) is 24.0 Å². The zero-order valence-electron chi connectivity index (χ0n) is 9.36. The smallest absolute Gasteiger partial charge is 0.325 e. The average molecular weight is 277 g/mol. The Bertz CT molecular complexity index is 366. The molecule has 0 spiro atoms. The number of benzene rings is 1. The Morgan fingerprint density at radius 3 is 2.29 bits per heavy atom. The highest BCUT2D eigenvalue weighted by molar-refractivity contribution is 6.22. The fourth-order valence-electron chi connectivity index (χ4n) is 1.25. The maximum Gasteiger partial charge on any atom is 0.325 e. The third-order valence-electron chi connectivity index (χ3n) is 2.27. The Morgan fingerprint density at radius 1 is 1.35 bits per heavy atom. The van der Waals surface area contributed by atoms with Gasteiger partial charge in [0.25, 0.3) is 0 Å². The summed E-state index contributed by atoms with van der Waals surface area (Å²) < 4.78 is 0. The Morgan fingerprint density at radius 2 is 1.88 bits per heavy atom. The lowest BCUT2D eigenvalue weighted by molar-refractivity contribution is -0.137. The first-order valence-corrected chi connectivity index (χ1v) is 6.11. The number of nitrogens with zero attached hydrogens (tertiary/aromatic N) is 1. The van der Waals surface area contributed by atoms with E-state index in [4.69, 9.17) is 28.3 Å². The topological polar surface area (TPSA) is 52.6 Å². The molecular weight excluding hydrogens is 263 g/mol. The molecule has 4 nitrogen and oxygen atoms in total. The van der Waals surface area contributed by atoms with Crippen LogP contribution in [0.1, 0.15) is 6.92 Å². The number of halogens is 2. The van der Waals surface area contributed by atoms with Gasteiger partial charge < -0.3 is 15.3 Å². The highest BCUT2D eigenvalue weighted by Crippen LogP contribution is 2.19. The number of alkyl halides is 2. The van der Waals surface area contributed by atoms with E-state index in [9.17, 15) is 4.79 Å². The Hall–Kier alpha value is -1.13. The molecule has 0 radical (unpaired) electrons. The van der Waals surface area contributed by atoms with Crippen LogP contribution in [0.4, 0.5) is 11.4 Å². The second-order valence-corrected chi connectivity index (χ2v) is 4.01. The molecule has 0 aromatic heterocycles. The molecule has 2 N–H and O–H groups in total. The number of hydrogen-bond donors (Lipinski definition) is 2. The van der Waals surface area contributed by atoms with Crippen LogP contribution in [-0.4, -0.2) is 29.1 Å². The molecule has 0 bridgehead atoms. The number of hydrogen-bond acceptors (Lipinski definition) is 3. The van der Waals surface area contributed by atoms with E-state index in [2.05, 4.69) is 5.32 Å². The molecule has 6 heteroatoms. The molecule has 0 heterocycles. The van der Waals surface area contributed by atoms with Crippen molar-refractivity contribution in [3.63, 3.8) is 0 Å². The Balaban J connectivity index is 2.71. The number of carboxylic acid groups (broad SMARTS) is 1. The van der Waals surface area contributed by atoms with Gasteiger partial charge >= 0.3 is 5.97 Å². The van der Waals surface area contributed by atoms with Crippen LogP contribution in [0.15, 0.2) is 24.3 Å². The largest absolute Gasteiger partial charge is 0.480 e. The number of carbonyl (C=O) groups is 1. The quantitative estimate of drug-likeness (QED) is 0.620. The van der Waals surface area contributed by atoms with E-state index in [-0.39, 0.29) is 0 Å². The van der Waals surface area contributed by atoms with Crippen molar-refractivity contribution < 1.29 is 9.90 Å². The molecule has 1 atom stereocenters. The second kappa shape index (κ2) is 6.57. The van der Waals surface area contributed by atoms with Crippen LogP contribution in [0, 0.1) is 0 Å². The van der Waals surface area contributed by atoms with E-state index >= 15 is 0 Å². The van der Waals surface area contributed by atoms with Crippen LogP contribution in [0.25, 0.3) is 0 Å². The van der Waals surface area contributed by atoms with Crippen molar-refractivity contribution in [2.45, 2.75) is 13.0 Å². The van der Waals surface area contributed by atoms with Crippen molar-refractivity contribution in [2.75, 3.05) is 22.2 Å². The zero-order valence-corrected chi connectivity index (χ0v) is 10.9. The van der Waals surface area contributed by atoms with E-state index < -0.39 is 12.0 Å². The van der Waals surface area contributed by atoms with Gasteiger partial charge in [-0.2, -0.15) is 0 Å². The van der Waals surface area contributed by atoms with Crippen molar-refractivity contribution in [3.05, 3.63) is 24.3 Å². The molecule has 1 aromatic carbocycles. The van der Waals surface area contributed by atoms with Gasteiger partial charge in [0.15, 0.2) is 0 Å². The third kappa shape index (κ3) is 3.98. The fraction of sp³-hybridized carbons (Fsp3) is 0.364. The first kappa shape index (κ1) is 13.9. The lowest BCUT2D eigenvalue weighted by Crippen LogP contribution is -2.25. The maximum atomic E-state index is 10.7. The standard InChI is InChI=1S/C11H14Cl2N2O2/c1-8(11(16)17)14-9-2-4-10(5-3-9)15(6-12)7-13/h2-5,8,14H,6-7H2,1H3,(H,16,17). The predicted octanol–water partition coefficient (Wildman–Crippen LogP) is 2.77. The van der Waals surface area contributed by atoms with Crippen molar-refractivity contribution in [1.29, 1.82) is 0 Å². The van der Waals surface area contributed by atoms with Crippen LogP contribution in [-0.2, 0) is 4.79 Å². The summed E-state index contributed by atoms with van der Waals surface area (Å²) in [4.78, 5) is 12.4. The molecule has 1 aromatic rings. The first-order valence-electron chi connectivity index (χ1n) is 5.04. The summed E-state index contributed by atoms with van der Waals surface area (Å²) in [5.41, 5.74) is 1.64. The number of aliphatic carboxylic acids is 1. The van der Waals surface area contributed by atoms with E-state index in [0.29, 0.717) is 12.0 Å². The van der Waals surface area contributed by atoms with Crippen LogP contribution in [0.2, 0.25) is 0 Å². The van der Waals surface area contributed by atoms with E-state index in [1.807, 2.05) is 12.1 Å². The normalized spacial score (nSPS) is 11.9. The Labute approximate surface area is 110 Å². The van der Waals surface area contributed by atoms with Gasteiger partial charge in [-0.1, -0.05) is 0 Å². The minimum absolute atomic E-state index is 0.307. The van der Waals surface area contributed by atoms with Gasteiger partial charge in [0, 0.05) is 11.4 Å². The molecule has 0 saturated carbocycles. The van der Waals surface area contributed by atoms with Gasteiger partial charge in [-0.05, 0) is 31.2 Å². The molecule has 0 aliphatic heterocycles. The number of nitrogens with one attached hydrogen (secondary N) is 1. The summed E-state index contributed by atoms with van der Waals surface area (Å²) in [6.07, 6.45) is 0.